The Morgan fingerprint density at radius 1 is 1.06 bits per heavy atom. The zero-order valence-corrected chi connectivity index (χ0v) is 34.4. The average Bonchev–Trinajstić information content (AvgIpc) is 3.57. The molecule has 2 bridgehead atoms. The molecule has 2 aromatic heterocycles. The number of ether oxygens (including phenoxy) is 2. The van der Waals surface area contributed by atoms with Gasteiger partial charge >= 0.3 is 5.97 Å². The van der Waals surface area contributed by atoms with Crippen LogP contribution in [0.1, 0.15) is 121 Å². The van der Waals surface area contributed by atoms with Crippen LogP contribution in [0, 0.1) is 62.1 Å². The van der Waals surface area contributed by atoms with E-state index in [2.05, 4.69) is 91.9 Å². The van der Waals surface area contributed by atoms with Gasteiger partial charge in [0.15, 0.2) is 5.82 Å². The Morgan fingerprint density at radius 2 is 1.75 bits per heavy atom. The normalized spacial score (nSPS) is 41.4. The Hall–Kier alpha value is -2.62. The Kier molecular flexibility index (Phi) is 9.26. The summed E-state index contributed by atoms with van der Waals surface area (Å²) in [6, 6.07) is 3.89. The first-order valence-electron chi connectivity index (χ1n) is 20.4. The summed E-state index contributed by atoms with van der Waals surface area (Å²) >= 11 is 0. The smallest absolute Gasteiger partial charge is 0.307 e. The monoisotopic (exact) mass is 730 g/mol. The van der Waals surface area contributed by atoms with Crippen molar-refractivity contribution in [3.63, 3.8) is 0 Å². The van der Waals surface area contributed by atoms with Gasteiger partial charge in [0.2, 0.25) is 0 Å². The fourth-order valence-electron chi connectivity index (χ4n) is 12.8. The topological polar surface area (TPSA) is 125 Å². The van der Waals surface area contributed by atoms with Crippen molar-refractivity contribution in [3.05, 3.63) is 42.5 Å². The van der Waals surface area contributed by atoms with Crippen molar-refractivity contribution in [3.8, 4) is 11.4 Å². The maximum atomic E-state index is 13.6. The van der Waals surface area contributed by atoms with E-state index < -0.39 is 17.4 Å². The number of allylic oxidation sites excluding steroid dienone is 1. The molecular weight excluding hydrogens is 663 g/mol. The summed E-state index contributed by atoms with van der Waals surface area (Å²) in [6.45, 7) is 26.6. The second-order valence-electron chi connectivity index (χ2n) is 20.8. The van der Waals surface area contributed by atoms with Crippen LogP contribution < -0.4 is 5.73 Å². The van der Waals surface area contributed by atoms with Gasteiger partial charge in [0.25, 0.3) is 0 Å². The van der Waals surface area contributed by atoms with E-state index in [4.69, 9.17) is 25.3 Å². The van der Waals surface area contributed by atoms with Crippen molar-refractivity contribution < 1.29 is 19.4 Å². The minimum Gasteiger partial charge on any atom is -0.481 e. The Bertz CT molecular complexity index is 1730. The van der Waals surface area contributed by atoms with Crippen LogP contribution in [-0.2, 0) is 14.3 Å². The SMILES string of the molecule is CC(C)[C@@H](C)[C@@]1(C)CC[C@]2(C)[C@H]3CC[C@@H]4[C@@]5(COC[C@]4(C)[C@@H](OCC(C)(N)C(C)(C)C)[C@H](n4ncnc4-c4ccncc4)C5)C3=CC[C@@]2(C)C1C(=O)O. The summed E-state index contributed by atoms with van der Waals surface area (Å²) in [6.07, 6.45) is 13.3. The van der Waals surface area contributed by atoms with Crippen LogP contribution in [0.4, 0.5) is 0 Å². The number of aliphatic carboxylic acids is 1. The number of aromatic nitrogens is 4. The van der Waals surface area contributed by atoms with Crippen molar-refractivity contribution in [1.82, 2.24) is 19.7 Å². The third-order valence-corrected chi connectivity index (χ3v) is 17.2. The van der Waals surface area contributed by atoms with Crippen LogP contribution in [0.15, 0.2) is 42.5 Å². The molecule has 4 aliphatic carbocycles. The lowest BCUT2D eigenvalue weighted by atomic mass is 9.34. The molecular formula is C44H67N5O4. The standard InChI is InChI=1S/C44H67N5O4/c1-27(2)28(3)39(7)18-19-41(9)30-12-13-33-40(8)23-52-25-44(33,31(30)14-17-42(41,10)34(39)37(50)51)22-32(35(40)53-24-43(11,45)38(4,5)6)49-36(47-26-48-49)29-15-20-46-21-16-29/h14-16,20-21,26-28,30,32-35H,12-13,17-19,22-25,45H2,1-11H3,(H,50,51)/t28-,30+,32-,33+,34?,35+,39-,40+,41-,42+,43?,44+/m1/s1. The number of carboxylic acids is 1. The molecule has 2 unspecified atom stereocenters. The molecule has 9 nitrogen and oxygen atoms in total. The van der Waals surface area contributed by atoms with E-state index >= 15 is 0 Å². The predicted molar refractivity (Wildman–Crippen MR) is 208 cm³/mol. The Labute approximate surface area is 318 Å². The zero-order valence-electron chi connectivity index (χ0n) is 34.4. The van der Waals surface area contributed by atoms with Gasteiger partial charge in [-0.3, -0.25) is 9.78 Å². The molecule has 0 aromatic carbocycles. The summed E-state index contributed by atoms with van der Waals surface area (Å²) in [4.78, 5) is 22.7. The summed E-state index contributed by atoms with van der Waals surface area (Å²) < 4.78 is 16.1. The van der Waals surface area contributed by atoms with Crippen LogP contribution in [0.25, 0.3) is 11.4 Å². The molecule has 53 heavy (non-hydrogen) atoms. The van der Waals surface area contributed by atoms with Gasteiger partial charge in [0.1, 0.15) is 6.33 Å². The van der Waals surface area contributed by atoms with E-state index in [0.29, 0.717) is 37.6 Å². The van der Waals surface area contributed by atoms with E-state index in [1.54, 1.807) is 6.33 Å². The van der Waals surface area contributed by atoms with Gasteiger partial charge in [-0.05, 0) is 103 Å². The van der Waals surface area contributed by atoms with Crippen LogP contribution in [0.3, 0.4) is 0 Å². The number of carbonyl (C=O) groups is 1. The maximum Gasteiger partial charge on any atom is 0.307 e. The number of pyridine rings is 1. The molecule has 3 heterocycles. The maximum absolute atomic E-state index is 13.6. The highest BCUT2D eigenvalue weighted by molar-refractivity contribution is 5.73. The molecule has 7 rings (SSSR count). The van der Waals surface area contributed by atoms with Crippen LogP contribution in [0.5, 0.6) is 0 Å². The lowest BCUT2D eigenvalue weighted by molar-refractivity contribution is -0.253. The third kappa shape index (κ3) is 5.47. The fraction of sp³-hybridized carbons (Fsp3) is 0.773. The van der Waals surface area contributed by atoms with E-state index in [-0.39, 0.29) is 50.6 Å². The van der Waals surface area contributed by atoms with Gasteiger partial charge in [-0.25, -0.2) is 9.67 Å². The van der Waals surface area contributed by atoms with Crippen LogP contribution in [0.2, 0.25) is 0 Å². The molecule has 3 saturated carbocycles. The number of nitrogens with two attached hydrogens (primary N) is 1. The number of hydrogen-bond donors (Lipinski definition) is 2. The van der Waals surface area contributed by atoms with E-state index in [9.17, 15) is 9.90 Å². The number of rotatable bonds is 8. The van der Waals surface area contributed by atoms with Gasteiger partial charge in [0, 0.05) is 34.3 Å². The van der Waals surface area contributed by atoms with Crippen molar-refractivity contribution in [2.75, 3.05) is 19.8 Å². The molecule has 0 amide bonds. The predicted octanol–water partition coefficient (Wildman–Crippen LogP) is 8.62. The highest BCUT2D eigenvalue weighted by atomic mass is 16.5. The third-order valence-electron chi connectivity index (χ3n) is 17.2. The highest BCUT2D eigenvalue weighted by Crippen LogP contribution is 2.75. The summed E-state index contributed by atoms with van der Waals surface area (Å²) in [5, 5.41) is 16.1. The molecule has 9 heteroatoms. The fourth-order valence-corrected chi connectivity index (χ4v) is 12.8. The number of nitrogens with zero attached hydrogens (tertiary/aromatic N) is 4. The van der Waals surface area contributed by atoms with E-state index in [0.717, 1.165) is 49.9 Å². The Morgan fingerprint density at radius 3 is 2.40 bits per heavy atom. The van der Waals surface area contributed by atoms with E-state index in [1.165, 1.54) is 5.57 Å². The molecule has 4 fully saturated rings. The molecule has 292 valence electrons. The zero-order chi connectivity index (χ0) is 38.6. The number of fused-ring (bicyclic) bond motifs is 3. The van der Waals surface area contributed by atoms with Gasteiger partial charge in [-0.1, -0.05) is 80.9 Å². The molecule has 12 atom stereocenters. The molecule has 2 aromatic rings. The second kappa shape index (κ2) is 12.7. The average molecular weight is 730 g/mol. The van der Waals surface area contributed by atoms with Gasteiger partial charge in [0.05, 0.1) is 37.9 Å². The molecule has 0 spiro atoms. The van der Waals surface area contributed by atoms with Crippen LogP contribution in [-0.4, -0.2) is 62.3 Å². The van der Waals surface area contributed by atoms with E-state index in [1.807, 2.05) is 24.5 Å². The van der Waals surface area contributed by atoms with Gasteiger partial charge in [-0.2, -0.15) is 5.10 Å². The number of carboxylic acid groups (broad SMARTS) is 1. The number of hydrogen-bond acceptors (Lipinski definition) is 7. The Balaban J connectivity index is 1.35. The lowest BCUT2D eigenvalue weighted by Gasteiger charge is -2.71. The van der Waals surface area contributed by atoms with Gasteiger partial charge in [-0.15, -0.1) is 0 Å². The van der Waals surface area contributed by atoms with Crippen molar-refractivity contribution in [1.29, 1.82) is 0 Å². The highest BCUT2D eigenvalue weighted by Gasteiger charge is 2.72. The first-order chi connectivity index (χ1) is 24.7. The molecule has 5 aliphatic rings. The van der Waals surface area contributed by atoms with Crippen LogP contribution >= 0.6 is 0 Å². The second-order valence-corrected chi connectivity index (χ2v) is 20.8. The first-order valence-corrected chi connectivity index (χ1v) is 20.4. The summed E-state index contributed by atoms with van der Waals surface area (Å²) in [5.41, 5.74) is 7.43. The van der Waals surface area contributed by atoms with Gasteiger partial charge < -0.3 is 20.3 Å². The minimum atomic E-state index is -0.625. The lowest BCUT2D eigenvalue weighted by Crippen LogP contribution is -2.69. The molecule has 1 aliphatic heterocycles. The van der Waals surface area contributed by atoms with Crippen molar-refractivity contribution in [2.24, 2.45) is 67.8 Å². The summed E-state index contributed by atoms with van der Waals surface area (Å²) in [7, 11) is 0. The summed E-state index contributed by atoms with van der Waals surface area (Å²) in [5.74, 6) is 1.12. The molecule has 0 radical (unpaired) electrons. The molecule has 1 saturated heterocycles. The largest absolute Gasteiger partial charge is 0.481 e. The first kappa shape index (κ1) is 38.6. The molecule has 3 N–H and O–H groups in total. The quantitative estimate of drug-likeness (QED) is 0.259. The van der Waals surface area contributed by atoms with Crippen molar-refractivity contribution >= 4 is 5.97 Å². The minimum absolute atomic E-state index is 0.115. The van der Waals surface area contributed by atoms with Crippen molar-refractivity contribution in [2.45, 2.75) is 132 Å².